The Morgan fingerprint density at radius 1 is 0.442 bits per heavy atom. The highest BCUT2D eigenvalue weighted by Gasteiger charge is 2.23. The Labute approximate surface area is 248 Å². The topological polar surface area (TPSA) is 21.3 Å². The molecule has 0 aliphatic heterocycles. The average molecular weight is 551 g/mol. The van der Waals surface area contributed by atoms with Crippen LogP contribution in [0.25, 0.3) is 60.2 Å². The first kappa shape index (κ1) is 23.9. The van der Waals surface area contributed by atoms with E-state index in [0.29, 0.717) is 0 Å². The summed E-state index contributed by atoms with van der Waals surface area (Å²) in [6.45, 7) is 0. The van der Waals surface area contributed by atoms with Gasteiger partial charge in [0, 0.05) is 38.3 Å². The van der Waals surface area contributed by atoms with Gasteiger partial charge >= 0.3 is 0 Å². The van der Waals surface area contributed by atoms with E-state index in [4.69, 9.17) is 4.42 Å². The van der Waals surface area contributed by atoms with E-state index in [1.807, 2.05) is 6.07 Å². The van der Waals surface area contributed by atoms with Crippen LogP contribution < -0.4 is 4.90 Å². The fourth-order valence-electron chi connectivity index (χ4n) is 6.68. The van der Waals surface area contributed by atoms with Crippen LogP contribution in [-0.4, -0.2) is 4.57 Å². The summed E-state index contributed by atoms with van der Waals surface area (Å²) in [4.78, 5) is 2.35. The number of aromatic nitrogens is 1. The summed E-state index contributed by atoms with van der Waals surface area (Å²) in [6.07, 6.45) is 0. The van der Waals surface area contributed by atoms with Crippen molar-refractivity contribution >= 4 is 71.6 Å². The van der Waals surface area contributed by atoms with Crippen LogP contribution in [-0.2, 0) is 0 Å². The number of para-hydroxylation sites is 4. The zero-order valence-electron chi connectivity index (χ0n) is 23.3. The first-order valence-corrected chi connectivity index (χ1v) is 14.6. The van der Waals surface area contributed by atoms with Gasteiger partial charge < -0.3 is 13.9 Å². The molecule has 9 aromatic rings. The summed E-state index contributed by atoms with van der Waals surface area (Å²) in [6, 6.07) is 56.0. The van der Waals surface area contributed by atoms with Crippen molar-refractivity contribution in [3.05, 3.63) is 158 Å². The van der Waals surface area contributed by atoms with E-state index < -0.39 is 0 Å². The number of benzene rings is 7. The predicted octanol–water partition coefficient (Wildman–Crippen LogP) is 11.3. The largest absolute Gasteiger partial charge is 0.454 e. The van der Waals surface area contributed by atoms with Crippen LogP contribution in [0.5, 0.6) is 0 Å². The van der Waals surface area contributed by atoms with Crippen molar-refractivity contribution in [1.82, 2.24) is 4.57 Å². The number of fused-ring (bicyclic) bond motifs is 7. The summed E-state index contributed by atoms with van der Waals surface area (Å²) in [7, 11) is 0. The van der Waals surface area contributed by atoms with Crippen LogP contribution in [0.1, 0.15) is 0 Å². The molecule has 3 heteroatoms. The molecule has 9 rings (SSSR count). The minimum Gasteiger partial charge on any atom is -0.454 e. The molecule has 7 aromatic carbocycles. The molecule has 0 unspecified atom stereocenters. The third-order valence-corrected chi connectivity index (χ3v) is 8.54. The fourth-order valence-corrected chi connectivity index (χ4v) is 6.68. The van der Waals surface area contributed by atoms with Gasteiger partial charge in [0.1, 0.15) is 5.58 Å². The molecular weight excluding hydrogens is 524 g/mol. The van der Waals surface area contributed by atoms with Gasteiger partial charge in [0.2, 0.25) is 0 Å². The van der Waals surface area contributed by atoms with E-state index in [0.717, 1.165) is 44.7 Å². The van der Waals surface area contributed by atoms with E-state index in [-0.39, 0.29) is 0 Å². The quantitative estimate of drug-likeness (QED) is 0.217. The minimum absolute atomic E-state index is 0.863. The molecule has 0 saturated carbocycles. The molecule has 0 spiro atoms. The third-order valence-electron chi connectivity index (χ3n) is 8.54. The lowest BCUT2D eigenvalue weighted by Gasteiger charge is -2.27. The van der Waals surface area contributed by atoms with Gasteiger partial charge in [0.05, 0.1) is 22.4 Å². The maximum absolute atomic E-state index is 6.72. The van der Waals surface area contributed by atoms with E-state index in [1.54, 1.807) is 0 Å². The number of hydrogen-bond acceptors (Lipinski definition) is 2. The molecule has 0 amide bonds. The Balaban J connectivity index is 1.44. The van der Waals surface area contributed by atoms with Crippen molar-refractivity contribution in [2.75, 3.05) is 4.90 Å². The second-order valence-corrected chi connectivity index (χ2v) is 11.0. The lowest BCUT2D eigenvalue weighted by Crippen LogP contribution is -2.11. The molecule has 43 heavy (non-hydrogen) atoms. The molecule has 0 fully saturated rings. The zero-order valence-corrected chi connectivity index (χ0v) is 23.3. The van der Waals surface area contributed by atoms with E-state index >= 15 is 0 Å². The Morgan fingerprint density at radius 3 is 1.81 bits per heavy atom. The van der Waals surface area contributed by atoms with Gasteiger partial charge in [-0.15, -0.1) is 0 Å². The molecule has 202 valence electrons. The predicted molar refractivity (Wildman–Crippen MR) is 180 cm³/mol. The van der Waals surface area contributed by atoms with E-state index in [2.05, 4.69) is 161 Å². The van der Waals surface area contributed by atoms with Crippen molar-refractivity contribution in [2.24, 2.45) is 0 Å². The lowest BCUT2D eigenvalue weighted by atomic mass is 10.0. The minimum atomic E-state index is 0.863. The van der Waals surface area contributed by atoms with Crippen LogP contribution in [0.2, 0.25) is 0 Å². The van der Waals surface area contributed by atoms with Crippen molar-refractivity contribution in [1.29, 1.82) is 0 Å². The van der Waals surface area contributed by atoms with Crippen LogP contribution >= 0.6 is 0 Å². The van der Waals surface area contributed by atoms with E-state index in [1.165, 1.54) is 32.6 Å². The molecule has 2 aromatic heterocycles. The number of anilines is 3. The number of nitrogens with zero attached hydrogens (tertiary/aromatic N) is 2. The smallest absolute Gasteiger partial charge is 0.159 e. The lowest BCUT2D eigenvalue weighted by molar-refractivity contribution is 0.669. The molecule has 2 heterocycles. The fraction of sp³-hybridized carbons (Fsp3) is 0. The summed E-state index contributed by atoms with van der Waals surface area (Å²) in [5, 5.41) is 7.05. The summed E-state index contributed by atoms with van der Waals surface area (Å²) in [5.41, 5.74) is 8.36. The highest BCUT2D eigenvalue weighted by molar-refractivity contribution is 6.14. The van der Waals surface area contributed by atoms with Crippen LogP contribution in [0, 0.1) is 0 Å². The highest BCUT2D eigenvalue weighted by Crippen LogP contribution is 2.46. The van der Waals surface area contributed by atoms with Crippen molar-refractivity contribution in [3.63, 3.8) is 0 Å². The first-order valence-electron chi connectivity index (χ1n) is 14.6. The van der Waals surface area contributed by atoms with Gasteiger partial charge in [0.15, 0.2) is 5.58 Å². The zero-order chi connectivity index (χ0) is 28.3. The SMILES string of the molecule is c1ccc(N(c2cccc3ccccc23)c2cc(-n3c4ccccc4c4ccccc43)cc3c2oc2ccccc23)cc1. The second-order valence-electron chi connectivity index (χ2n) is 11.0. The first-order chi connectivity index (χ1) is 21.3. The number of furan rings is 1. The molecule has 0 bridgehead atoms. The Morgan fingerprint density at radius 2 is 1.05 bits per heavy atom. The maximum atomic E-state index is 6.72. The standard InChI is InChI=1S/C40H26N2O/c1-2-15-28(16-3-1)41(35-23-12-14-27-13-4-5-17-30(27)35)38-26-29(25-34-33-20-8-11-24-39(33)43-40(34)38)42-36-21-9-6-18-31(36)32-19-7-10-22-37(32)42/h1-26H. The van der Waals surface area contributed by atoms with Crippen molar-refractivity contribution < 1.29 is 4.42 Å². The molecule has 0 radical (unpaired) electrons. The van der Waals surface area contributed by atoms with Crippen LogP contribution in [0.15, 0.2) is 162 Å². The molecule has 0 N–H and O–H groups in total. The van der Waals surface area contributed by atoms with Crippen molar-refractivity contribution in [3.8, 4) is 5.69 Å². The highest BCUT2D eigenvalue weighted by atomic mass is 16.3. The molecule has 0 aliphatic rings. The summed E-state index contributed by atoms with van der Waals surface area (Å²) in [5.74, 6) is 0. The molecule has 0 atom stereocenters. The number of rotatable bonds is 4. The second kappa shape index (κ2) is 9.37. The van der Waals surface area contributed by atoms with Gasteiger partial charge in [-0.05, 0) is 53.9 Å². The van der Waals surface area contributed by atoms with Gasteiger partial charge in [-0.1, -0.05) is 109 Å². The third kappa shape index (κ3) is 3.62. The summed E-state index contributed by atoms with van der Waals surface area (Å²) >= 11 is 0. The van der Waals surface area contributed by atoms with Gasteiger partial charge in [-0.2, -0.15) is 0 Å². The molecule has 3 nitrogen and oxygen atoms in total. The van der Waals surface area contributed by atoms with Gasteiger partial charge in [0.25, 0.3) is 0 Å². The average Bonchev–Trinajstić information content (AvgIpc) is 3.61. The maximum Gasteiger partial charge on any atom is 0.159 e. The molecule has 0 saturated heterocycles. The van der Waals surface area contributed by atoms with E-state index in [9.17, 15) is 0 Å². The normalized spacial score (nSPS) is 11.7. The van der Waals surface area contributed by atoms with Crippen LogP contribution in [0.4, 0.5) is 17.1 Å². The number of hydrogen-bond donors (Lipinski definition) is 0. The Bertz CT molecular complexity index is 2410. The molecule has 0 aliphatic carbocycles. The Kier molecular flexibility index (Phi) is 5.20. The van der Waals surface area contributed by atoms with Gasteiger partial charge in [-0.3, -0.25) is 0 Å². The summed E-state index contributed by atoms with van der Waals surface area (Å²) < 4.78 is 9.11. The van der Waals surface area contributed by atoms with Gasteiger partial charge in [-0.25, -0.2) is 0 Å². The monoisotopic (exact) mass is 550 g/mol. The Hall–Kier alpha value is -5.80. The van der Waals surface area contributed by atoms with Crippen molar-refractivity contribution in [2.45, 2.75) is 0 Å². The molecular formula is C40H26N2O. The van der Waals surface area contributed by atoms with Crippen LogP contribution in [0.3, 0.4) is 0 Å².